The van der Waals surface area contributed by atoms with Crippen molar-refractivity contribution >= 4 is 11.8 Å². The fourth-order valence-corrected chi connectivity index (χ4v) is 4.90. The van der Waals surface area contributed by atoms with Crippen LogP contribution in [-0.2, 0) is 13.1 Å². The third-order valence-corrected chi connectivity index (χ3v) is 7.00. The molecule has 3 heterocycles. The Labute approximate surface area is 212 Å². The molecule has 0 radical (unpaired) electrons. The predicted molar refractivity (Wildman–Crippen MR) is 139 cm³/mol. The molecule has 0 unspecified atom stereocenters. The molecule has 36 heavy (non-hydrogen) atoms. The summed E-state index contributed by atoms with van der Waals surface area (Å²) in [5, 5.41) is 0. The summed E-state index contributed by atoms with van der Waals surface area (Å²) >= 11 is 0. The third kappa shape index (κ3) is 5.98. The van der Waals surface area contributed by atoms with E-state index in [1.54, 1.807) is 18.2 Å². The highest BCUT2D eigenvalue weighted by Crippen LogP contribution is 2.14. The SMILES string of the molecule is O=C(c1cccc(C(=O)N2CCN(Cc3ccccc3)CC2)n1)N1CCN(Cc2ccccc2)CC1. The molecular weight excluding hydrogens is 450 g/mol. The zero-order valence-corrected chi connectivity index (χ0v) is 20.6. The highest BCUT2D eigenvalue weighted by molar-refractivity contribution is 5.96. The average Bonchev–Trinajstić information content (AvgIpc) is 2.94. The molecule has 0 N–H and O–H groups in total. The Bertz CT molecular complexity index is 1070. The van der Waals surface area contributed by atoms with E-state index in [9.17, 15) is 9.59 Å². The lowest BCUT2D eigenvalue weighted by molar-refractivity contribution is 0.0614. The van der Waals surface area contributed by atoms with Crippen molar-refractivity contribution in [3.05, 3.63) is 101 Å². The summed E-state index contributed by atoms with van der Waals surface area (Å²) in [7, 11) is 0. The van der Waals surface area contributed by atoms with Gasteiger partial charge in [-0.05, 0) is 23.3 Å². The van der Waals surface area contributed by atoms with Crippen molar-refractivity contribution in [1.82, 2.24) is 24.6 Å². The van der Waals surface area contributed by atoms with Gasteiger partial charge in [-0.2, -0.15) is 0 Å². The smallest absolute Gasteiger partial charge is 0.272 e. The van der Waals surface area contributed by atoms with Crippen LogP contribution in [-0.4, -0.2) is 88.8 Å². The van der Waals surface area contributed by atoms with Gasteiger partial charge in [-0.3, -0.25) is 19.4 Å². The maximum atomic E-state index is 13.1. The van der Waals surface area contributed by atoms with Crippen LogP contribution in [0.1, 0.15) is 32.1 Å². The molecule has 2 amide bonds. The second kappa shape index (κ2) is 11.5. The van der Waals surface area contributed by atoms with Gasteiger partial charge in [0.2, 0.25) is 0 Å². The van der Waals surface area contributed by atoms with Crippen LogP contribution in [0.2, 0.25) is 0 Å². The second-order valence-corrected chi connectivity index (χ2v) is 9.52. The first-order valence-corrected chi connectivity index (χ1v) is 12.7. The van der Waals surface area contributed by atoms with Crippen molar-refractivity contribution in [2.45, 2.75) is 13.1 Å². The van der Waals surface area contributed by atoms with Gasteiger partial charge in [-0.15, -0.1) is 0 Å². The number of hydrogen-bond donors (Lipinski definition) is 0. The topological polar surface area (TPSA) is 60.0 Å². The number of benzene rings is 2. The summed E-state index contributed by atoms with van der Waals surface area (Å²) in [5.41, 5.74) is 3.26. The largest absolute Gasteiger partial charge is 0.335 e. The first kappa shape index (κ1) is 24.2. The fourth-order valence-electron chi connectivity index (χ4n) is 4.90. The van der Waals surface area contributed by atoms with Crippen LogP contribution in [0.15, 0.2) is 78.9 Å². The number of aromatic nitrogens is 1. The molecule has 3 aromatic rings. The Morgan fingerprint density at radius 1 is 0.528 bits per heavy atom. The fraction of sp³-hybridized carbons (Fsp3) is 0.345. The van der Waals surface area contributed by atoms with E-state index in [0.717, 1.165) is 39.3 Å². The van der Waals surface area contributed by atoms with Crippen LogP contribution in [0.3, 0.4) is 0 Å². The average molecular weight is 484 g/mol. The van der Waals surface area contributed by atoms with E-state index in [4.69, 9.17) is 0 Å². The van der Waals surface area contributed by atoms with Crippen LogP contribution in [0, 0.1) is 0 Å². The number of nitrogens with zero attached hydrogens (tertiary/aromatic N) is 5. The minimum Gasteiger partial charge on any atom is -0.335 e. The molecule has 0 saturated carbocycles. The van der Waals surface area contributed by atoms with Gasteiger partial charge in [0, 0.05) is 65.4 Å². The van der Waals surface area contributed by atoms with Crippen LogP contribution < -0.4 is 0 Å². The van der Waals surface area contributed by atoms with Crippen LogP contribution >= 0.6 is 0 Å². The van der Waals surface area contributed by atoms with Crippen LogP contribution in [0.25, 0.3) is 0 Å². The van der Waals surface area contributed by atoms with Gasteiger partial charge >= 0.3 is 0 Å². The Morgan fingerprint density at radius 2 is 0.917 bits per heavy atom. The Kier molecular flexibility index (Phi) is 7.69. The lowest BCUT2D eigenvalue weighted by Gasteiger charge is -2.35. The summed E-state index contributed by atoms with van der Waals surface area (Å²) in [4.78, 5) is 39.2. The molecule has 186 valence electrons. The zero-order chi connectivity index (χ0) is 24.7. The van der Waals surface area contributed by atoms with E-state index in [1.165, 1.54) is 11.1 Å². The van der Waals surface area contributed by atoms with Crippen molar-refractivity contribution in [3.63, 3.8) is 0 Å². The number of carbonyl (C=O) groups is 2. The van der Waals surface area contributed by atoms with E-state index in [0.29, 0.717) is 37.6 Å². The van der Waals surface area contributed by atoms with E-state index >= 15 is 0 Å². The summed E-state index contributed by atoms with van der Waals surface area (Å²) < 4.78 is 0. The van der Waals surface area contributed by atoms with Gasteiger partial charge in [-0.1, -0.05) is 66.7 Å². The molecule has 0 aliphatic carbocycles. The maximum Gasteiger partial charge on any atom is 0.272 e. The zero-order valence-electron chi connectivity index (χ0n) is 20.6. The van der Waals surface area contributed by atoms with E-state index in [1.807, 2.05) is 21.9 Å². The summed E-state index contributed by atoms with van der Waals surface area (Å²) in [6, 6.07) is 26.0. The van der Waals surface area contributed by atoms with Gasteiger partial charge < -0.3 is 9.80 Å². The molecule has 2 saturated heterocycles. The number of carbonyl (C=O) groups excluding carboxylic acids is 2. The van der Waals surface area contributed by atoms with Crippen molar-refractivity contribution in [3.8, 4) is 0 Å². The quantitative estimate of drug-likeness (QED) is 0.540. The van der Waals surface area contributed by atoms with E-state index in [2.05, 4.69) is 63.3 Å². The monoisotopic (exact) mass is 483 g/mol. The highest BCUT2D eigenvalue weighted by atomic mass is 16.2. The molecule has 7 heteroatoms. The Morgan fingerprint density at radius 3 is 1.31 bits per heavy atom. The number of piperazine rings is 2. The molecule has 2 aromatic carbocycles. The van der Waals surface area contributed by atoms with Gasteiger partial charge in [0.05, 0.1) is 0 Å². The molecule has 2 aliphatic rings. The Balaban J connectivity index is 1.13. The number of hydrogen-bond acceptors (Lipinski definition) is 5. The highest BCUT2D eigenvalue weighted by Gasteiger charge is 2.26. The molecule has 7 nitrogen and oxygen atoms in total. The summed E-state index contributed by atoms with van der Waals surface area (Å²) in [5.74, 6) is -0.201. The lowest BCUT2D eigenvalue weighted by atomic mass is 10.2. The van der Waals surface area contributed by atoms with Crippen molar-refractivity contribution in [2.75, 3.05) is 52.4 Å². The summed E-state index contributed by atoms with van der Waals surface area (Å²) in [6.07, 6.45) is 0. The van der Waals surface area contributed by atoms with Crippen LogP contribution in [0.4, 0.5) is 0 Å². The molecule has 1 aromatic heterocycles. The first-order valence-electron chi connectivity index (χ1n) is 12.7. The Hall–Kier alpha value is -3.55. The van der Waals surface area contributed by atoms with Gasteiger partial charge in [0.1, 0.15) is 11.4 Å². The maximum absolute atomic E-state index is 13.1. The minimum atomic E-state index is -0.100. The number of rotatable bonds is 6. The van der Waals surface area contributed by atoms with Gasteiger partial charge in [0.15, 0.2) is 0 Å². The molecule has 0 bridgehead atoms. The van der Waals surface area contributed by atoms with Crippen molar-refractivity contribution in [2.24, 2.45) is 0 Å². The van der Waals surface area contributed by atoms with Crippen LogP contribution in [0.5, 0.6) is 0 Å². The second-order valence-electron chi connectivity index (χ2n) is 9.52. The van der Waals surface area contributed by atoms with Crippen molar-refractivity contribution < 1.29 is 9.59 Å². The molecule has 2 aliphatic heterocycles. The van der Waals surface area contributed by atoms with Gasteiger partial charge in [-0.25, -0.2) is 4.98 Å². The van der Waals surface area contributed by atoms with E-state index in [-0.39, 0.29) is 11.8 Å². The molecule has 0 atom stereocenters. The molecule has 0 spiro atoms. The third-order valence-electron chi connectivity index (χ3n) is 7.00. The normalized spacial score (nSPS) is 17.2. The van der Waals surface area contributed by atoms with E-state index < -0.39 is 0 Å². The molecular formula is C29H33N5O2. The number of amides is 2. The lowest BCUT2D eigenvalue weighted by Crippen LogP contribution is -2.49. The first-order chi connectivity index (χ1) is 17.7. The molecule has 2 fully saturated rings. The number of pyridine rings is 1. The van der Waals surface area contributed by atoms with Crippen molar-refractivity contribution in [1.29, 1.82) is 0 Å². The summed E-state index contributed by atoms with van der Waals surface area (Å²) in [6.45, 7) is 7.74. The minimum absolute atomic E-state index is 0.100. The molecule has 5 rings (SSSR count). The predicted octanol–water partition coefficient (Wildman–Crippen LogP) is 3.00. The van der Waals surface area contributed by atoms with Gasteiger partial charge in [0.25, 0.3) is 11.8 Å². The standard InChI is InChI=1S/C29H33N5O2/c35-28(33-18-14-31(15-19-33)22-24-8-3-1-4-9-24)26-12-7-13-27(30-26)29(36)34-20-16-32(17-21-34)23-25-10-5-2-6-11-25/h1-13H,14-23H2.